The Hall–Kier alpha value is -2.25. The van der Waals surface area contributed by atoms with E-state index >= 15 is 0 Å². The molecule has 8 heteroatoms. The van der Waals surface area contributed by atoms with E-state index in [1.165, 1.54) is 23.9 Å². The average molecular weight is 490 g/mol. The predicted molar refractivity (Wildman–Crippen MR) is 127 cm³/mol. The lowest BCUT2D eigenvalue weighted by molar-refractivity contribution is -0.112. The van der Waals surface area contributed by atoms with Crippen molar-refractivity contribution in [2.75, 3.05) is 5.32 Å². The predicted octanol–water partition coefficient (Wildman–Crippen LogP) is 6.36. The first-order chi connectivity index (χ1) is 14.7. The van der Waals surface area contributed by atoms with E-state index in [2.05, 4.69) is 5.32 Å². The van der Waals surface area contributed by atoms with Crippen LogP contribution in [-0.2, 0) is 20.4 Å². The number of thioether (sulfide) groups is 1. The van der Waals surface area contributed by atoms with Gasteiger partial charge in [-0.1, -0.05) is 70.9 Å². The minimum Gasteiger partial charge on any atom is -0.320 e. The first kappa shape index (κ1) is 22.0. The molecule has 0 atom stereocenters. The van der Waals surface area contributed by atoms with E-state index in [-0.39, 0.29) is 16.6 Å². The highest BCUT2D eigenvalue weighted by atomic mass is 35.5. The van der Waals surface area contributed by atoms with Crippen LogP contribution in [0, 0.1) is 6.92 Å². The summed E-state index contributed by atoms with van der Waals surface area (Å²) in [5.41, 5.74) is 2.87. The summed E-state index contributed by atoms with van der Waals surface area (Å²) in [6, 6.07) is 17.4. The highest BCUT2D eigenvalue weighted by Gasteiger charge is 2.25. The van der Waals surface area contributed by atoms with E-state index in [9.17, 15) is 13.2 Å². The first-order valence-electron chi connectivity index (χ1n) is 9.30. The smallest absolute Gasteiger partial charge is 0.262 e. The third-order valence-electron chi connectivity index (χ3n) is 4.77. The van der Waals surface area contributed by atoms with Gasteiger partial charge >= 0.3 is 0 Å². The Morgan fingerprint density at radius 2 is 1.68 bits per heavy atom. The van der Waals surface area contributed by atoms with Crippen LogP contribution in [0.2, 0.25) is 10.0 Å². The molecule has 0 radical (unpaired) electrons. The van der Waals surface area contributed by atoms with Gasteiger partial charge in [0.05, 0.1) is 21.2 Å². The molecule has 1 amide bonds. The zero-order chi connectivity index (χ0) is 22.2. The molecule has 1 N–H and O–H groups in total. The zero-order valence-corrected chi connectivity index (χ0v) is 19.5. The van der Waals surface area contributed by atoms with Gasteiger partial charge in [0.1, 0.15) is 0 Å². The second-order valence-electron chi connectivity index (χ2n) is 7.09. The Balaban J connectivity index is 1.62. The second-order valence-corrected chi connectivity index (χ2v) is 11.0. The molecule has 0 bridgehead atoms. The SMILES string of the molecule is Cc1ccc(/C=C2/Sc3ccc(S(=O)(=O)Cc4c(Cl)cccc4Cl)cc3NC2=O)cc1. The maximum absolute atomic E-state index is 13.0. The van der Waals surface area contributed by atoms with E-state index < -0.39 is 9.84 Å². The molecule has 4 nitrogen and oxygen atoms in total. The number of rotatable bonds is 4. The Kier molecular flexibility index (Phi) is 6.17. The van der Waals surface area contributed by atoms with Gasteiger partial charge in [-0.05, 0) is 48.9 Å². The number of hydrogen-bond acceptors (Lipinski definition) is 4. The lowest BCUT2D eigenvalue weighted by Crippen LogP contribution is -2.18. The lowest BCUT2D eigenvalue weighted by atomic mass is 10.1. The van der Waals surface area contributed by atoms with Gasteiger partial charge in [0.2, 0.25) is 0 Å². The van der Waals surface area contributed by atoms with Gasteiger partial charge in [-0.15, -0.1) is 0 Å². The normalized spacial score (nSPS) is 14.9. The van der Waals surface area contributed by atoms with Gasteiger partial charge < -0.3 is 5.32 Å². The molecule has 0 saturated heterocycles. The van der Waals surface area contributed by atoms with Crippen molar-refractivity contribution in [3.05, 3.63) is 92.3 Å². The molecule has 0 fully saturated rings. The number of nitrogens with one attached hydrogen (secondary N) is 1. The van der Waals surface area contributed by atoms with Crippen LogP contribution in [0.4, 0.5) is 5.69 Å². The van der Waals surface area contributed by atoms with Crippen molar-refractivity contribution in [3.8, 4) is 0 Å². The van der Waals surface area contributed by atoms with Crippen LogP contribution in [-0.4, -0.2) is 14.3 Å². The summed E-state index contributed by atoms with van der Waals surface area (Å²) in [4.78, 5) is 14.0. The summed E-state index contributed by atoms with van der Waals surface area (Å²) in [6.07, 6.45) is 1.81. The van der Waals surface area contributed by atoms with Crippen molar-refractivity contribution in [1.29, 1.82) is 0 Å². The molecule has 0 spiro atoms. The van der Waals surface area contributed by atoms with Crippen molar-refractivity contribution in [2.45, 2.75) is 22.5 Å². The fourth-order valence-corrected chi connectivity index (χ4v) is 6.14. The van der Waals surface area contributed by atoms with E-state index in [0.29, 0.717) is 26.2 Å². The number of aryl methyl sites for hydroxylation is 1. The van der Waals surface area contributed by atoms with E-state index in [1.807, 2.05) is 37.3 Å². The maximum Gasteiger partial charge on any atom is 0.262 e. The Labute approximate surface area is 195 Å². The van der Waals surface area contributed by atoms with Gasteiger partial charge in [-0.2, -0.15) is 0 Å². The minimum absolute atomic E-state index is 0.0918. The Morgan fingerprint density at radius 1 is 1.00 bits per heavy atom. The summed E-state index contributed by atoms with van der Waals surface area (Å²) < 4.78 is 25.9. The average Bonchev–Trinajstić information content (AvgIpc) is 2.72. The molecule has 0 saturated carbocycles. The molecule has 3 aromatic carbocycles. The van der Waals surface area contributed by atoms with Gasteiger partial charge in [-0.25, -0.2) is 8.42 Å². The molecule has 0 unspecified atom stereocenters. The number of hydrogen-bond donors (Lipinski definition) is 1. The summed E-state index contributed by atoms with van der Waals surface area (Å²) in [6.45, 7) is 2.00. The van der Waals surface area contributed by atoms with Gasteiger partial charge in [0.15, 0.2) is 9.84 Å². The quantitative estimate of drug-likeness (QED) is 0.433. The number of halogens is 2. The van der Waals surface area contributed by atoms with Crippen LogP contribution in [0.15, 0.2) is 75.4 Å². The third-order valence-corrected chi connectivity index (χ3v) is 8.22. The molecule has 1 heterocycles. The molecule has 3 aromatic rings. The zero-order valence-electron chi connectivity index (χ0n) is 16.4. The van der Waals surface area contributed by atoms with Crippen molar-refractivity contribution < 1.29 is 13.2 Å². The highest BCUT2D eigenvalue weighted by Crippen LogP contribution is 2.40. The number of anilines is 1. The van der Waals surface area contributed by atoms with Crippen LogP contribution in [0.1, 0.15) is 16.7 Å². The Bertz CT molecular complexity index is 1300. The molecule has 1 aliphatic rings. The molecule has 1 aliphatic heterocycles. The van der Waals surface area contributed by atoms with Gasteiger partial charge in [0.25, 0.3) is 5.91 Å². The second kappa shape index (κ2) is 8.71. The van der Waals surface area contributed by atoms with Gasteiger partial charge in [0, 0.05) is 20.5 Å². The highest BCUT2D eigenvalue weighted by molar-refractivity contribution is 8.04. The molecule has 0 aromatic heterocycles. The molecule has 31 heavy (non-hydrogen) atoms. The molecular weight excluding hydrogens is 473 g/mol. The fraction of sp³-hybridized carbons (Fsp3) is 0.0870. The van der Waals surface area contributed by atoms with E-state index in [1.54, 1.807) is 24.3 Å². The number of benzene rings is 3. The van der Waals surface area contributed by atoms with Crippen molar-refractivity contribution in [3.63, 3.8) is 0 Å². The van der Waals surface area contributed by atoms with Crippen LogP contribution >= 0.6 is 35.0 Å². The molecule has 0 aliphatic carbocycles. The van der Waals surface area contributed by atoms with Crippen molar-refractivity contribution in [2.24, 2.45) is 0 Å². The van der Waals surface area contributed by atoms with Crippen molar-refractivity contribution >= 4 is 62.5 Å². The summed E-state index contributed by atoms with van der Waals surface area (Å²) in [7, 11) is -3.72. The number of carbonyl (C=O) groups is 1. The fourth-order valence-electron chi connectivity index (χ4n) is 3.09. The van der Waals surface area contributed by atoms with Crippen LogP contribution < -0.4 is 5.32 Å². The summed E-state index contributed by atoms with van der Waals surface area (Å²) in [5.74, 6) is -0.606. The molecule has 4 rings (SSSR count). The molecule has 158 valence electrons. The lowest BCUT2D eigenvalue weighted by Gasteiger charge is -2.19. The topological polar surface area (TPSA) is 63.2 Å². The number of sulfone groups is 1. The van der Waals surface area contributed by atoms with Crippen LogP contribution in [0.5, 0.6) is 0 Å². The Morgan fingerprint density at radius 3 is 2.35 bits per heavy atom. The number of fused-ring (bicyclic) bond motifs is 1. The molecular formula is C23H17Cl2NO3S2. The third kappa shape index (κ3) is 4.83. The minimum atomic E-state index is -3.72. The first-order valence-corrected chi connectivity index (χ1v) is 12.5. The van der Waals surface area contributed by atoms with Crippen LogP contribution in [0.25, 0.3) is 6.08 Å². The van der Waals surface area contributed by atoms with Crippen LogP contribution in [0.3, 0.4) is 0 Å². The maximum atomic E-state index is 13.0. The van der Waals surface area contributed by atoms with Crippen molar-refractivity contribution in [1.82, 2.24) is 0 Å². The largest absolute Gasteiger partial charge is 0.320 e. The van der Waals surface area contributed by atoms with E-state index in [4.69, 9.17) is 23.2 Å². The standard InChI is InChI=1S/C23H17Cl2NO3S2/c1-14-5-7-15(8-6-14)11-22-23(27)26-20-12-16(9-10-21(20)30-22)31(28,29)13-17-18(24)3-2-4-19(17)25/h2-12H,13H2,1H3,(H,26,27)/b22-11+. The number of carbonyl (C=O) groups excluding carboxylic acids is 1. The van der Waals surface area contributed by atoms with Gasteiger partial charge in [-0.3, -0.25) is 4.79 Å². The number of amides is 1. The summed E-state index contributed by atoms with van der Waals surface area (Å²) in [5, 5.41) is 3.39. The van der Waals surface area contributed by atoms with E-state index in [0.717, 1.165) is 16.0 Å². The monoisotopic (exact) mass is 489 g/mol. The summed E-state index contributed by atoms with van der Waals surface area (Å²) >= 11 is 13.6.